The van der Waals surface area contributed by atoms with Gasteiger partial charge in [-0.2, -0.15) is 0 Å². The summed E-state index contributed by atoms with van der Waals surface area (Å²) in [7, 11) is 0. The second-order valence-electron chi connectivity index (χ2n) is 4.22. The Kier molecular flexibility index (Phi) is 2.83. The van der Waals surface area contributed by atoms with Crippen molar-refractivity contribution in [2.75, 3.05) is 0 Å². The van der Waals surface area contributed by atoms with Gasteiger partial charge in [0.1, 0.15) is 5.00 Å². The molecule has 0 fully saturated rings. The molecule has 0 amide bonds. The number of hydrogen-bond acceptors (Lipinski definition) is 2. The van der Waals surface area contributed by atoms with Crippen LogP contribution in [0.5, 0.6) is 0 Å². The summed E-state index contributed by atoms with van der Waals surface area (Å²) in [5.74, 6) is -0.852. The zero-order chi connectivity index (χ0) is 12.7. The number of aryl methyl sites for hydroxylation is 3. The molecule has 0 aliphatic heterocycles. The van der Waals surface area contributed by atoms with E-state index in [2.05, 4.69) is 0 Å². The molecular weight excluding hydrogens is 234 g/mol. The van der Waals surface area contributed by atoms with Crippen molar-refractivity contribution in [2.45, 2.75) is 27.7 Å². The summed E-state index contributed by atoms with van der Waals surface area (Å²) in [5, 5.41) is 10.1. The van der Waals surface area contributed by atoms with Gasteiger partial charge in [0.05, 0.1) is 5.56 Å². The van der Waals surface area contributed by atoms with Crippen LogP contribution < -0.4 is 0 Å². The molecule has 0 atom stereocenters. The van der Waals surface area contributed by atoms with E-state index in [9.17, 15) is 9.90 Å². The zero-order valence-corrected chi connectivity index (χ0v) is 11.2. The van der Waals surface area contributed by atoms with Gasteiger partial charge in [-0.15, -0.1) is 11.3 Å². The minimum absolute atomic E-state index is 0.426. The number of carbonyl (C=O) groups is 1. The summed E-state index contributed by atoms with van der Waals surface area (Å²) in [5.41, 5.74) is 3.41. The van der Waals surface area contributed by atoms with Crippen LogP contribution in [0.3, 0.4) is 0 Å². The lowest BCUT2D eigenvalue weighted by Crippen LogP contribution is -2.05. The summed E-state index contributed by atoms with van der Waals surface area (Å²) in [4.78, 5) is 12.4. The number of hydrogen-bond donors (Lipinski definition) is 1. The number of carboxylic acid groups (broad SMARTS) is 1. The van der Waals surface area contributed by atoms with Crippen molar-refractivity contribution in [1.29, 1.82) is 0 Å². The van der Waals surface area contributed by atoms with Gasteiger partial charge >= 0.3 is 5.97 Å². The highest BCUT2D eigenvalue weighted by Crippen LogP contribution is 2.32. The normalized spacial score (nSPS) is 10.8. The first-order valence-corrected chi connectivity index (χ1v) is 6.23. The van der Waals surface area contributed by atoms with Crippen LogP contribution in [0.2, 0.25) is 0 Å². The molecule has 2 heterocycles. The van der Waals surface area contributed by atoms with Crippen LogP contribution in [-0.4, -0.2) is 15.6 Å². The minimum Gasteiger partial charge on any atom is -0.478 e. The van der Waals surface area contributed by atoms with Gasteiger partial charge in [0.15, 0.2) is 0 Å². The Labute approximate surface area is 104 Å². The Bertz CT molecular complexity index is 573. The van der Waals surface area contributed by atoms with E-state index in [-0.39, 0.29) is 0 Å². The Morgan fingerprint density at radius 2 is 1.71 bits per heavy atom. The van der Waals surface area contributed by atoms with Crippen molar-refractivity contribution in [3.63, 3.8) is 0 Å². The molecule has 4 heteroatoms. The maximum absolute atomic E-state index is 11.4. The van der Waals surface area contributed by atoms with Crippen LogP contribution in [-0.2, 0) is 0 Å². The van der Waals surface area contributed by atoms with E-state index in [0.717, 1.165) is 26.8 Å². The molecule has 17 heavy (non-hydrogen) atoms. The quantitative estimate of drug-likeness (QED) is 0.885. The largest absolute Gasteiger partial charge is 0.478 e. The predicted molar refractivity (Wildman–Crippen MR) is 69.6 cm³/mol. The number of thiophene rings is 1. The molecule has 0 aliphatic rings. The number of nitrogens with zero attached hydrogens (tertiary/aromatic N) is 1. The molecule has 0 saturated heterocycles. The van der Waals surface area contributed by atoms with Crippen molar-refractivity contribution >= 4 is 17.3 Å². The second kappa shape index (κ2) is 4.04. The van der Waals surface area contributed by atoms with Gasteiger partial charge in [0.25, 0.3) is 0 Å². The van der Waals surface area contributed by atoms with Crippen LogP contribution in [0.15, 0.2) is 12.1 Å². The smallest absolute Gasteiger partial charge is 0.339 e. The van der Waals surface area contributed by atoms with Gasteiger partial charge in [-0.1, -0.05) is 0 Å². The number of aromatic nitrogens is 1. The van der Waals surface area contributed by atoms with E-state index in [1.165, 1.54) is 11.3 Å². The average molecular weight is 249 g/mol. The van der Waals surface area contributed by atoms with Gasteiger partial charge < -0.3 is 9.67 Å². The molecular formula is C13H15NO2S. The number of carboxylic acids is 1. The highest BCUT2D eigenvalue weighted by atomic mass is 32.1. The van der Waals surface area contributed by atoms with E-state index < -0.39 is 5.97 Å². The summed E-state index contributed by atoms with van der Waals surface area (Å²) >= 11 is 1.54. The van der Waals surface area contributed by atoms with Crippen molar-refractivity contribution in [3.8, 4) is 5.00 Å². The highest BCUT2D eigenvalue weighted by Gasteiger charge is 2.21. The van der Waals surface area contributed by atoms with Crippen molar-refractivity contribution < 1.29 is 9.90 Å². The lowest BCUT2D eigenvalue weighted by molar-refractivity contribution is 0.0696. The fourth-order valence-corrected chi connectivity index (χ4v) is 3.27. The van der Waals surface area contributed by atoms with Crippen molar-refractivity contribution in [3.05, 3.63) is 39.5 Å². The van der Waals surface area contributed by atoms with Crippen LogP contribution in [0.4, 0.5) is 0 Å². The average Bonchev–Trinajstić information content (AvgIpc) is 2.69. The van der Waals surface area contributed by atoms with E-state index in [1.54, 1.807) is 0 Å². The molecule has 2 aromatic heterocycles. The Morgan fingerprint density at radius 1 is 1.18 bits per heavy atom. The van der Waals surface area contributed by atoms with Crippen LogP contribution in [0.25, 0.3) is 5.00 Å². The third-order valence-corrected chi connectivity index (χ3v) is 4.25. The lowest BCUT2D eigenvalue weighted by atomic mass is 10.1. The predicted octanol–water partition coefficient (Wildman–Crippen LogP) is 3.47. The molecule has 2 rings (SSSR count). The summed E-state index contributed by atoms with van der Waals surface area (Å²) in [6, 6.07) is 4.01. The van der Waals surface area contributed by atoms with Gasteiger partial charge in [-0.25, -0.2) is 4.79 Å². The van der Waals surface area contributed by atoms with E-state index in [0.29, 0.717) is 5.56 Å². The van der Waals surface area contributed by atoms with E-state index in [4.69, 9.17) is 0 Å². The lowest BCUT2D eigenvalue weighted by Gasteiger charge is -2.08. The molecule has 2 aromatic rings. The fourth-order valence-electron chi connectivity index (χ4n) is 2.01. The van der Waals surface area contributed by atoms with Gasteiger partial charge in [0, 0.05) is 16.3 Å². The molecule has 0 spiro atoms. The van der Waals surface area contributed by atoms with E-state index >= 15 is 0 Å². The Hall–Kier alpha value is -1.55. The minimum atomic E-state index is -0.852. The van der Waals surface area contributed by atoms with Gasteiger partial charge in [-0.05, 0) is 45.4 Å². The van der Waals surface area contributed by atoms with Gasteiger partial charge in [0.2, 0.25) is 0 Å². The molecule has 0 aromatic carbocycles. The summed E-state index contributed by atoms with van der Waals surface area (Å²) in [6.07, 6.45) is 0. The SMILES string of the molecule is Cc1sc(-n2c(C)ccc2C)c(C(=O)O)c1C. The van der Waals surface area contributed by atoms with Crippen LogP contribution >= 0.6 is 11.3 Å². The Morgan fingerprint density at radius 3 is 2.18 bits per heavy atom. The third kappa shape index (κ3) is 1.78. The van der Waals surface area contributed by atoms with Gasteiger partial charge in [-0.3, -0.25) is 0 Å². The first-order valence-electron chi connectivity index (χ1n) is 5.42. The maximum Gasteiger partial charge on any atom is 0.339 e. The standard InChI is InChI=1S/C13H15NO2S/c1-7-5-6-8(2)14(7)12-11(13(15)16)9(3)10(4)17-12/h5-6H,1-4H3,(H,15,16). The second-order valence-corrected chi connectivity index (χ2v) is 5.42. The molecule has 0 aliphatic carbocycles. The molecule has 3 nitrogen and oxygen atoms in total. The van der Waals surface area contributed by atoms with Crippen molar-refractivity contribution in [1.82, 2.24) is 4.57 Å². The molecule has 0 radical (unpaired) electrons. The maximum atomic E-state index is 11.4. The zero-order valence-electron chi connectivity index (χ0n) is 10.4. The first kappa shape index (κ1) is 11.9. The summed E-state index contributed by atoms with van der Waals surface area (Å²) < 4.78 is 2.01. The first-order chi connectivity index (χ1) is 7.93. The molecule has 0 saturated carbocycles. The molecule has 0 bridgehead atoms. The number of rotatable bonds is 2. The highest BCUT2D eigenvalue weighted by molar-refractivity contribution is 7.15. The third-order valence-electron chi connectivity index (χ3n) is 3.05. The summed E-state index contributed by atoms with van der Waals surface area (Å²) in [6.45, 7) is 7.81. The topological polar surface area (TPSA) is 42.2 Å². The monoisotopic (exact) mass is 249 g/mol. The Balaban J connectivity index is 2.76. The molecule has 1 N–H and O–H groups in total. The van der Waals surface area contributed by atoms with Crippen molar-refractivity contribution in [2.24, 2.45) is 0 Å². The van der Waals surface area contributed by atoms with E-state index in [1.807, 2.05) is 44.4 Å². The van der Waals surface area contributed by atoms with Crippen LogP contribution in [0, 0.1) is 27.7 Å². The molecule has 0 unspecified atom stereocenters. The van der Waals surface area contributed by atoms with Crippen LogP contribution in [0.1, 0.15) is 32.2 Å². The molecule has 90 valence electrons. The fraction of sp³-hybridized carbons (Fsp3) is 0.308. The number of aromatic carboxylic acids is 1.